The van der Waals surface area contributed by atoms with Crippen LogP contribution < -0.4 is 0 Å². The van der Waals surface area contributed by atoms with Crippen molar-refractivity contribution in [3.63, 3.8) is 0 Å². The van der Waals surface area contributed by atoms with Gasteiger partial charge in [0, 0.05) is 18.4 Å². The number of fused-ring (bicyclic) bond motifs is 1. The second-order valence-electron chi connectivity index (χ2n) is 7.91. The van der Waals surface area contributed by atoms with E-state index < -0.39 is 0 Å². The number of hydrogen-bond acceptors (Lipinski definition) is 6. The summed E-state index contributed by atoms with van der Waals surface area (Å²) in [7, 11) is 0. The molecule has 0 radical (unpaired) electrons. The van der Waals surface area contributed by atoms with Crippen molar-refractivity contribution in [2.45, 2.75) is 32.4 Å². The molecule has 0 bridgehead atoms. The Bertz CT molecular complexity index is 1380. The van der Waals surface area contributed by atoms with Gasteiger partial charge in [-0.1, -0.05) is 36.4 Å². The van der Waals surface area contributed by atoms with Crippen LogP contribution in [0.3, 0.4) is 0 Å². The number of pyridine rings is 1. The van der Waals surface area contributed by atoms with Gasteiger partial charge in [0.2, 0.25) is 0 Å². The summed E-state index contributed by atoms with van der Waals surface area (Å²) in [6, 6.07) is 16.2. The fraction of sp³-hybridized carbons (Fsp3) is 0.250. The van der Waals surface area contributed by atoms with Crippen LogP contribution in [0, 0.1) is 6.92 Å². The highest BCUT2D eigenvalue weighted by Crippen LogP contribution is 2.40. The SMILES string of the molecule is Cc1nc2ccccn2c1-c1nc(-c2ccccc2)c(-c2ncn(C3CCCCO3)n2)s1. The molecule has 5 heterocycles. The Morgan fingerprint density at radius 2 is 1.91 bits per heavy atom. The fourth-order valence-corrected chi connectivity index (χ4v) is 5.30. The molecule has 8 heteroatoms. The maximum absolute atomic E-state index is 5.89. The summed E-state index contributed by atoms with van der Waals surface area (Å²) in [5.74, 6) is 0.674. The van der Waals surface area contributed by atoms with Crippen molar-refractivity contribution >= 4 is 17.0 Å². The number of rotatable bonds is 4. The van der Waals surface area contributed by atoms with E-state index in [-0.39, 0.29) is 6.23 Å². The van der Waals surface area contributed by atoms with Gasteiger partial charge in [-0.3, -0.25) is 4.40 Å². The predicted molar refractivity (Wildman–Crippen MR) is 124 cm³/mol. The van der Waals surface area contributed by atoms with Crippen LogP contribution in [0.2, 0.25) is 0 Å². The monoisotopic (exact) mass is 442 g/mol. The van der Waals surface area contributed by atoms with Crippen molar-refractivity contribution in [2.75, 3.05) is 6.61 Å². The Labute approximate surface area is 189 Å². The summed E-state index contributed by atoms with van der Waals surface area (Å²) in [4.78, 5) is 15.4. The standard InChI is InChI=1S/C24H22N6OS/c1-16-21(29-13-7-5-11-18(29)26-16)24-27-20(17-9-3-2-4-10-17)22(32-24)23-25-15-30(28-23)19-12-6-8-14-31-19/h2-5,7,9-11,13,15,19H,6,8,12,14H2,1H3. The minimum atomic E-state index is -0.0430. The molecule has 1 aliphatic heterocycles. The molecule has 6 rings (SSSR count). The maximum atomic E-state index is 5.89. The van der Waals surface area contributed by atoms with Gasteiger partial charge in [-0.15, -0.1) is 16.4 Å². The van der Waals surface area contributed by atoms with Gasteiger partial charge in [0.05, 0.1) is 11.4 Å². The van der Waals surface area contributed by atoms with Crippen molar-refractivity contribution in [1.29, 1.82) is 0 Å². The molecule has 1 fully saturated rings. The molecule has 32 heavy (non-hydrogen) atoms. The summed E-state index contributed by atoms with van der Waals surface area (Å²) >= 11 is 1.60. The first-order valence-electron chi connectivity index (χ1n) is 10.8. The quantitative estimate of drug-likeness (QED) is 0.373. The molecule has 1 aromatic carbocycles. The lowest BCUT2D eigenvalue weighted by molar-refractivity contribution is -0.0395. The smallest absolute Gasteiger partial charge is 0.193 e. The van der Waals surface area contributed by atoms with E-state index in [0.717, 1.165) is 64.0 Å². The van der Waals surface area contributed by atoms with E-state index in [1.165, 1.54) is 0 Å². The van der Waals surface area contributed by atoms with Gasteiger partial charge in [0.15, 0.2) is 12.1 Å². The Hall–Kier alpha value is -3.36. The third kappa shape index (κ3) is 3.32. The molecule has 0 N–H and O–H groups in total. The van der Waals surface area contributed by atoms with Gasteiger partial charge in [0.25, 0.3) is 0 Å². The number of hydrogen-bond donors (Lipinski definition) is 0. The van der Waals surface area contributed by atoms with Gasteiger partial charge < -0.3 is 4.74 Å². The number of imidazole rings is 1. The maximum Gasteiger partial charge on any atom is 0.193 e. The first-order chi connectivity index (χ1) is 15.8. The molecule has 0 amide bonds. The summed E-state index contributed by atoms with van der Waals surface area (Å²) in [5.41, 5.74) is 4.80. The molecular formula is C24H22N6OS. The summed E-state index contributed by atoms with van der Waals surface area (Å²) in [6.07, 6.45) is 6.97. The molecule has 1 aliphatic rings. The highest BCUT2D eigenvalue weighted by Gasteiger charge is 2.24. The van der Waals surface area contributed by atoms with Crippen LogP contribution in [-0.4, -0.2) is 35.7 Å². The van der Waals surface area contributed by atoms with Gasteiger partial charge in [-0.25, -0.2) is 19.6 Å². The number of nitrogens with zero attached hydrogens (tertiary/aromatic N) is 6. The van der Waals surface area contributed by atoms with Crippen molar-refractivity contribution < 1.29 is 4.74 Å². The van der Waals surface area contributed by atoms with E-state index in [0.29, 0.717) is 5.82 Å². The van der Waals surface area contributed by atoms with E-state index in [4.69, 9.17) is 19.8 Å². The second kappa shape index (κ2) is 7.96. The van der Waals surface area contributed by atoms with Crippen LogP contribution in [0.4, 0.5) is 0 Å². The molecule has 7 nitrogen and oxygen atoms in total. The molecule has 0 saturated carbocycles. The molecule has 0 aliphatic carbocycles. The Kier molecular flexibility index (Phi) is 4.81. The highest BCUT2D eigenvalue weighted by molar-refractivity contribution is 7.18. The van der Waals surface area contributed by atoms with Crippen LogP contribution in [-0.2, 0) is 4.74 Å². The van der Waals surface area contributed by atoms with E-state index in [1.54, 1.807) is 17.7 Å². The molecular weight excluding hydrogens is 420 g/mol. The third-order valence-electron chi connectivity index (χ3n) is 5.74. The van der Waals surface area contributed by atoms with Crippen LogP contribution >= 0.6 is 11.3 Å². The normalized spacial score (nSPS) is 16.6. The van der Waals surface area contributed by atoms with E-state index >= 15 is 0 Å². The lowest BCUT2D eigenvalue weighted by atomic mass is 10.1. The Morgan fingerprint density at radius 1 is 1.03 bits per heavy atom. The second-order valence-corrected chi connectivity index (χ2v) is 8.91. The number of benzene rings is 1. The number of ether oxygens (including phenoxy) is 1. The van der Waals surface area contributed by atoms with Gasteiger partial charge in [-0.2, -0.15) is 0 Å². The van der Waals surface area contributed by atoms with Crippen LogP contribution in [0.25, 0.3) is 38.3 Å². The molecule has 0 spiro atoms. The average Bonchev–Trinajstić information content (AvgIpc) is 3.56. The van der Waals surface area contributed by atoms with Crippen molar-refractivity contribution in [3.05, 3.63) is 66.7 Å². The lowest BCUT2D eigenvalue weighted by Gasteiger charge is -2.21. The van der Waals surface area contributed by atoms with E-state index in [1.807, 2.05) is 54.2 Å². The average molecular weight is 443 g/mol. The topological polar surface area (TPSA) is 70.1 Å². The minimum Gasteiger partial charge on any atom is -0.356 e. The van der Waals surface area contributed by atoms with Gasteiger partial charge in [0.1, 0.15) is 27.6 Å². The first kappa shape index (κ1) is 19.3. The molecule has 5 aromatic rings. The minimum absolute atomic E-state index is 0.0430. The van der Waals surface area contributed by atoms with Crippen molar-refractivity contribution in [2.24, 2.45) is 0 Å². The Morgan fingerprint density at radius 3 is 2.75 bits per heavy atom. The number of aryl methyl sites for hydroxylation is 1. The van der Waals surface area contributed by atoms with E-state index in [9.17, 15) is 0 Å². The Balaban J connectivity index is 1.50. The van der Waals surface area contributed by atoms with Crippen LogP contribution in [0.1, 0.15) is 31.2 Å². The molecule has 4 aromatic heterocycles. The van der Waals surface area contributed by atoms with Crippen LogP contribution in [0.5, 0.6) is 0 Å². The lowest BCUT2D eigenvalue weighted by Crippen LogP contribution is -2.18. The van der Waals surface area contributed by atoms with Crippen molar-refractivity contribution in [3.8, 4) is 32.7 Å². The summed E-state index contributed by atoms with van der Waals surface area (Å²) in [6.45, 7) is 2.80. The van der Waals surface area contributed by atoms with Crippen LogP contribution in [0.15, 0.2) is 61.1 Å². The summed E-state index contributed by atoms with van der Waals surface area (Å²) in [5, 5.41) is 5.70. The molecule has 1 unspecified atom stereocenters. The fourth-order valence-electron chi connectivity index (χ4n) is 4.19. The third-order valence-corrected chi connectivity index (χ3v) is 6.80. The summed E-state index contributed by atoms with van der Waals surface area (Å²) < 4.78 is 9.83. The zero-order valence-corrected chi connectivity index (χ0v) is 18.5. The molecule has 1 saturated heterocycles. The van der Waals surface area contributed by atoms with Gasteiger partial charge >= 0.3 is 0 Å². The van der Waals surface area contributed by atoms with E-state index in [2.05, 4.69) is 21.5 Å². The largest absolute Gasteiger partial charge is 0.356 e. The molecule has 160 valence electrons. The van der Waals surface area contributed by atoms with Gasteiger partial charge in [-0.05, 0) is 38.3 Å². The number of thiazole rings is 1. The van der Waals surface area contributed by atoms with Crippen molar-refractivity contribution in [1.82, 2.24) is 29.1 Å². The first-order valence-corrected chi connectivity index (χ1v) is 11.6. The number of aromatic nitrogens is 6. The predicted octanol–water partition coefficient (Wildman–Crippen LogP) is 5.39. The zero-order chi connectivity index (χ0) is 21.5. The highest BCUT2D eigenvalue weighted by atomic mass is 32.1. The molecule has 1 atom stereocenters. The zero-order valence-electron chi connectivity index (χ0n) is 17.7.